The number of amides is 1. The zero-order chi connectivity index (χ0) is 29.4. The third-order valence-corrected chi connectivity index (χ3v) is 8.48. The maximum absolute atomic E-state index is 13.4. The summed E-state index contributed by atoms with van der Waals surface area (Å²) in [5, 5.41) is 4.04. The predicted octanol–water partition coefficient (Wildman–Crippen LogP) is 6.00. The molecule has 0 saturated heterocycles. The lowest BCUT2D eigenvalue weighted by atomic mass is 10.2. The highest BCUT2D eigenvalue weighted by atomic mass is 79.9. The first-order chi connectivity index (χ1) is 19.7. The minimum atomic E-state index is -4.00. The first kappa shape index (κ1) is 29.8. The van der Waals surface area contributed by atoms with Gasteiger partial charge in [-0.25, -0.2) is 13.8 Å². The van der Waals surface area contributed by atoms with Crippen LogP contribution in [0.4, 0.5) is 5.69 Å². The summed E-state index contributed by atoms with van der Waals surface area (Å²) in [4.78, 5) is 12.9. The second-order valence-electron chi connectivity index (χ2n) is 9.26. The molecule has 1 N–H and O–H groups in total. The summed E-state index contributed by atoms with van der Waals surface area (Å²) in [6.07, 6.45) is 1.44. The third kappa shape index (κ3) is 7.74. The standard InChI is InChI=1S/C31H30BrN3O5S/c1-22-9-13-24(14-10-22)21-40-31-28(32)17-25(18-29(31)39-3)19-33-34-30(36)20-35(26-15-11-23(2)12-16-26)41(37,38)27-7-5-4-6-8-27/h4-19H,20-21H2,1-3H3,(H,34,36)/b33-19-. The van der Waals surface area contributed by atoms with Crippen LogP contribution in [0.15, 0.2) is 105 Å². The topological polar surface area (TPSA) is 97.3 Å². The smallest absolute Gasteiger partial charge is 0.264 e. The zero-order valence-corrected chi connectivity index (χ0v) is 25.3. The van der Waals surface area contributed by atoms with E-state index in [9.17, 15) is 13.2 Å². The molecule has 0 saturated carbocycles. The van der Waals surface area contributed by atoms with Gasteiger partial charge < -0.3 is 9.47 Å². The van der Waals surface area contributed by atoms with Crippen molar-refractivity contribution in [3.8, 4) is 11.5 Å². The molecule has 4 rings (SSSR count). The number of aryl methyl sites for hydroxylation is 2. The Morgan fingerprint density at radius 2 is 1.59 bits per heavy atom. The van der Waals surface area contributed by atoms with Crippen LogP contribution in [0.1, 0.15) is 22.3 Å². The SMILES string of the molecule is COc1cc(/C=N\NC(=O)CN(c2ccc(C)cc2)S(=O)(=O)c2ccccc2)cc(Br)c1OCc1ccc(C)cc1. The van der Waals surface area contributed by atoms with Crippen molar-refractivity contribution in [1.29, 1.82) is 0 Å². The minimum Gasteiger partial charge on any atom is -0.493 e. The monoisotopic (exact) mass is 635 g/mol. The largest absolute Gasteiger partial charge is 0.493 e. The van der Waals surface area contributed by atoms with Gasteiger partial charge in [-0.1, -0.05) is 65.7 Å². The molecule has 4 aromatic carbocycles. The van der Waals surface area contributed by atoms with Crippen molar-refractivity contribution in [2.24, 2.45) is 5.10 Å². The fourth-order valence-corrected chi connectivity index (χ4v) is 5.90. The summed E-state index contributed by atoms with van der Waals surface area (Å²) in [5.41, 5.74) is 6.58. The molecule has 212 valence electrons. The molecule has 0 heterocycles. The van der Waals surface area contributed by atoms with Crippen LogP contribution in [0, 0.1) is 13.8 Å². The van der Waals surface area contributed by atoms with Crippen LogP contribution in [0.25, 0.3) is 0 Å². The average Bonchev–Trinajstić information content (AvgIpc) is 2.97. The fourth-order valence-electron chi connectivity index (χ4n) is 3.88. The van der Waals surface area contributed by atoms with Crippen LogP contribution in [-0.4, -0.2) is 34.2 Å². The Bertz CT molecular complexity index is 1630. The molecule has 0 aliphatic heterocycles. The van der Waals surface area contributed by atoms with Crippen molar-refractivity contribution in [3.05, 3.63) is 118 Å². The number of nitrogens with one attached hydrogen (secondary N) is 1. The number of hydrogen-bond donors (Lipinski definition) is 1. The van der Waals surface area contributed by atoms with Crippen LogP contribution < -0.4 is 19.2 Å². The number of hydrogen-bond acceptors (Lipinski definition) is 6. The molecule has 1 amide bonds. The lowest BCUT2D eigenvalue weighted by molar-refractivity contribution is -0.119. The molecule has 10 heteroatoms. The Morgan fingerprint density at radius 3 is 2.22 bits per heavy atom. The predicted molar refractivity (Wildman–Crippen MR) is 164 cm³/mol. The Kier molecular flexibility index (Phi) is 9.80. The number of nitrogens with zero attached hydrogens (tertiary/aromatic N) is 2. The van der Waals surface area contributed by atoms with Gasteiger partial charge in [0.2, 0.25) is 0 Å². The van der Waals surface area contributed by atoms with Crippen LogP contribution in [0.2, 0.25) is 0 Å². The van der Waals surface area contributed by atoms with E-state index in [1.165, 1.54) is 31.0 Å². The molecule has 0 aliphatic carbocycles. The van der Waals surface area contributed by atoms with E-state index in [-0.39, 0.29) is 4.90 Å². The summed E-state index contributed by atoms with van der Waals surface area (Å²) < 4.78 is 40.1. The van der Waals surface area contributed by atoms with Crippen molar-refractivity contribution in [2.75, 3.05) is 18.0 Å². The van der Waals surface area contributed by atoms with Gasteiger partial charge in [0.25, 0.3) is 15.9 Å². The number of halogens is 1. The molecule has 41 heavy (non-hydrogen) atoms. The molecule has 0 fully saturated rings. The molecule has 0 bridgehead atoms. The molecule has 0 aliphatic rings. The number of rotatable bonds is 11. The van der Waals surface area contributed by atoms with E-state index in [0.717, 1.165) is 15.4 Å². The van der Waals surface area contributed by atoms with Crippen LogP contribution in [0.5, 0.6) is 11.5 Å². The second-order valence-corrected chi connectivity index (χ2v) is 12.0. The van der Waals surface area contributed by atoms with Crippen molar-refractivity contribution >= 4 is 43.8 Å². The number of hydrazone groups is 1. The average molecular weight is 637 g/mol. The summed E-state index contributed by atoms with van der Waals surface area (Å²) in [6.45, 7) is 3.83. The molecular formula is C31H30BrN3O5S. The van der Waals surface area contributed by atoms with Gasteiger partial charge >= 0.3 is 0 Å². The minimum absolute atomic E-state index is 0.0820. The molecule has 0 atom stereocenters. The molecule has 0 radical (unpaired) electrons. The Balaban J connectivity index is 1.47. The van der Waals surface area contributed by atoms with Gasteiger partial charge in [-0.2, -0.15) is 5.10 Å². The second kappa shape index (κ2) is 13.5. The van der Waals surface area contributed by atoms with Gasteiger partial charge in [-0.05, 0) is 77.3 Å². The van der Waals surface area contributed by atoms with Crippen molar-refractivity contribution < 1.29 is 22.7 Å². The number of benzene rings is 4. The molecule has 0 spiro atoms. The number of methoxy groups -OCH3 is 1. The van der Waals surface area contributed by atoms with E-state index in [1.54, 1.807) is 54.6 Å². The van der Waals surface area contributed by atoms with Crippen molar-refractivity contribution in [3.63, 3.8) is 0 Å². The number of carbonyl (C=O) groups is 1. The maximum atomic E-state index is 13.4. The van der Waals surface area contributed by atoms with E-state index >= 15 is 0 Å². The summed E-state index contributed by atoms with van der Waals surface area (Å²) in [5.74, 6) is 0.415. The van der Waals surface area contributed by atoms with E-state index in [1.807, 2.05) is 38.1 Å². The van der Waals surface area contributed by atoms with Crippen LogP contribution in [-0.2, 0) is 21.4 Å². The van der Waals surface area contributed by atoms with E-state index in [4.69, 9.17) is 9.47 Å². The van der Waals surface area contributed by atoms with Crippen LogP contribution in [0.3, 0.4) is 0 Å². The number of anilines is 1. The zero-order valence-electron chi connectivity index (χ0n) is 22.9. The molecule has 8 nitrogen and oxygen atoms in total. The Labute approximate surface area is 248 Å². The van der Waals surface area contributed by atoms with Crippen LogP contribution >= 0.6 is 15.9 Å². The first-order valence-corrected chi connectivity index (χ1v) is 14.9. The van der Waals surface area contributed by atoms with Gasteiger partial charge in [0.05, 0.1) is 28.4 Å². The molecule has 0 unspecified atom stereocenters. The number of carbonyl (C=O) groups excluding carboxylic acids is 1. The number of sulfonamides is 1. The fraction of sp³-hybridized carbons (Fsp3) is 0.161. The van der Waals surface area contributed by atoms with Gasteiger partial charge in [0.1, 0.15) is 13.2 Å². The van der Waals surface area contributed by atoms with E-state index in [0.29, 0.717) is 33.8 Å². The lowest BCUT2D eigenvalue weighted by Gasteiger charge is -2.23. The Hall–Kier alpha value is -4.15. The normalized spacial score (nSPS) is 11.3. The summed E-state index contributed by atoms with van der Waals surface area (Å²) >= 11 is 3.53. The summed E-state index contributed by atoms with van der Waals surface area (Å²) in [6, 6.07) is 26.5. The first-order valence-electron chi connectivity index (χ1n) is 12.7. The highest BCUT2D eigenvalue weighted by Crippen LogP contribution is 2.37. The van der Waals surface area contributed by atoms with Gasteiger partial charge in [-0.15, -0.1) is 0 Å². The number of ether oxygens (including phenoxy) is 2. The van der Waals surface area contributed by atoms with Crippen molar-refractivity contribution in [1.82, 2.24) is 5.43 Å². The molecular weight excluding hydrogens is 606 g/mol. The lowest BCUT2D eigenvalue weighted by Crippen LogP contribution is -2.39. The Morgan fingerprint density at radius 1 is 0.951 bits per heavy atom. The highest BCUT2D eigenvalue weighted by molar-refractivity contribution is 9.10. The van der Waals surface area contributed by atoms with E-state index < -0.39 is 22.5 Å². The highest BCUT2D eigenvalue weighted by Gasteiger charge is 2.27. The summed E-state index contributed by atoms with van der Waals surface area (Å²) in [7, 11) is -2.46. The quantitative estimate of drug-likeness (QED) is 0.161. The molecule has 0 aromatic heterocycles. The van der Waals surface area contributed by atoms with Gasteiger partial charge in [-0.3, -0.25) is 9.10 Å². The van der Waals surface area contributed by atoms with E-state index in [2.05, 4.69) is 26.5 Å². The maximum Gasteiger partial charge on any atom is 0.264 e. The van der Waals surface area contributed by atoms with Gasteiger partial charge in [0, 0.05) is 0 Å². The van der Waals surface area contributed by atoms with Crippen molar-refractivity contribution in [2.45, 2.75) is 25.3 Å². The molecule has 4 aromatic rings. The van der Waals surface area contributed by atoms with Gasteiger partial charge in [0.15, 0.2) is 11.5 Å². The third-order valence-electron chi connectivity index (χ3n) is 6.10.